The topological polar surface area (TPSA) is 33.6 Å². The molecule has 1 aliphatic rings. The molecule has 6 heteroatoms. The van der Waals surface area contributed by atoms with Gasteiger partial charge in [-0.3, -0.25) is 4.99 Å². The molecule has 0 spiro atoms. The molecular formula is C27H39F3N2O. The van der Waals surface area contributed by atoms with E-state index in [0.717, 1.165) is 63.3 Å². The van der Waals surface area contributed by atoms with Gasteiger partial charge in [0.2, 0.25) is 0 Å². The summed E-state index contributed by atoms with van der Waals surface area (Å²) in [5.41, 5.74) is 1.26. The van der Waals surface area contributed by atoms with Crippen LogP contribution in [0.25, 0.3) is 5.70 Å². The van der Waals surface area contributed by atoms with Crippen molar-refractivity contribution in [3.63, 3.8) is 0 Å². The summed E-state index contributed by atoms with van der Waals surface area (Å²) < 4.78 is 47.0. The quantitative estimate of drug-likeness (QED) is 0.194. The molecular weight excluding hydrogens is 425 g/mol. The van der Waals surface area contributed by atoms with Crippen molar-refractivity contribution in [3.05, 3.63) is 47.6 Å². The Kier molecular flexibility index (Phi) is 11.2. The van der Waals surface area contributed by atoms with Crippen molar-refractivity contribution in [1.82, 2.24) is 5.32 Å². The Bertz CT molecular complexity index is 821. The summed E-state index contributed by atoms with van der Waals surface area (Å²) in [5.74, 6) is 0.104. The fourth-order valence-corrected chi connectivity index (χ4v) is 3.99. The first-order valence-corrected chi connectivity index (χ1v) is 12.3. The number of ether oxygens (including phenoxy) is 1. The lowest BCUT2D eigenvalue weighted by molar-refractivity contribution is -0.138. The smallest absolute Gasteiger partial charge is 0.419 e. The van der Waals surface area contributed by atoms with E-state index in [-0.39, 0.29) is 24.3 Å². The van der Waals surface area contributed by atoms with Crippen LogP contribution in [-0.4, -0.2) is 24.9 Å². The summed E-state index contributed by atoms with van der Waals surface area (Å²) in [7, 11) is 0. The maximum atomic E-state index is 13.8. The number of rotatable bonds is 12. The van der Waals surface area contributed by atoms with Crippen molar-refractivity contribution in [2.75, 3.05) is 13.2 Å². The fraction of sp³-hybridized carbons (Fsp3) is 0.593. The SMILES string of the molecule is C/C=C(\N=C(C(C)CC)C1CCCN1)c1ccc(OC/C=C/CCCCC)c(C(F)(F)F)c1. The first-order valence-electron chi connectivity index (χ1n) is 12.3. The lowest BCUT2D eigenvalue weighted by atomic mass is 9.95. The number of nitrogens with zero attached hydrogens (tertiary/aromatic N) is 1. The first kappa shape index (κ1) is 27.2. The van der Waals surface area contributed by atoms with E-state index in [1.165, 1.54) is 6.07 Å². The highest BCUT2D eigenvalue weighted by Crippen LogP contribution is 2.38. The molecule has 0 aromatic heterocycles. The van der Waals surface area contributed by atoms with Gasteiger partial charge in [0.05, 0.1) is 11.3 Å². The number of nitrogens with one attached hydrogen (secondary N) is 1. The standard InChI is InChI=1S/C27H39F3N2O/c1-5-8-9-10-11-12-18-33-25-16-15-21(19-22(25)27(28,29)30)23(7-3)32-26(20(4)6-2)24-14-13-17-31-24/h7,11-12,15-16,19-20,24,31H,5-6,8-10,13-14,17-18H2,1-4H3/b12-11+,23-7-,32-26?. The maximum Gasteiger partial charge on any atom is 0.419 e. The van der Waals surface area contributed by atoms with Gasteiger partial charge in [0, 0.05) is 17.3 Å². The minimum atomic E-state index is -4.51. The van der Waals surface area contributed by atoms with Crippen molar-refractivity contribution in [3.8, 4) is 5.75 Å². The van der Waals surface area contributed by atoms with Gasteiger partial charge in [-0.1, -0.05) is 51.8 Å². The Balaban J connectivity index is 2.26. The molecule has 3 nitrogen and oxygen atoms in total. The van der Waals surface area contributed by atoms with Crippen LogP contribution in [0.4, 0.5) is 13.2 Å². The van der Waals surface area contributed by atoms with Crippen LogP contribution in [0.3, 0.4) is 0 Å². The molecule has 0 radical (unpaired) electrons. The van der Waals surface area contributed by atoms with E-state index in [0.29, 0.717) is 11.3 Å². The second-order valence-corrected chi connectivity index (χ2v) is 8.66. The molecule has 0 bridgehead atoms. The molecule has 1 aliphatic heterocycles. The van der Waals surface area contributed by atoms with Crippen LogP contribution in [0.2, 0.25) is 0 Å². The zero-order valence-corrected chi connectivity index (χ0v) is 20.5. The summed E-state index contributed by atoms with van der Waals surface area (Å²) >= 11 is 0. The van der Waals surface area contributed by atoms with E-state index >= 15 is 0 Å². The number of allylic oxidation sites excluding steroid dienone is 2. The Morgan fingerprint density at radius 3 is 2.64 bits per heavy atom. The van der Waals surface area contributed by atoms with Crippen LogP contribution in [0, 0.1) is 5.92 Å². The molecule has 2 unspecified atom stereocenters. The lowest BCUT2D eigenvalue weighted by Crippen LogP contribution is -2.34. The van der Waals surface area contributed by atoms with Crippen molar-refractivity contribution < 1.29 is 17.9 Å². The molecule has 2 atom stereocenters. The van der Waals surface area contributed by atoms with Gasteiger partial charge in [-0.05, 0) is 69.7 Å². The number of alkyl halides is 3. The predicted octanol–water partition coefficient (Wildman–Crippen LogP) is 7.82. The van der Waals surface area contributed by atoms with Crippen LogP contribution in [-0.2, 0) is 6.18 Å². The van der Waals surface area contributed by atoms with Crippen molar-refractivity contribution in [2.24, 2.45) is 10.9 Å². The Morgan fingerprint density at radius 2 is 2.03 bits per heavy atom. The van der Waals surface area contributed by atoms with E-state index in [1.54, 1.807) is 18.2 Å². The monoisotopic (exact) mass is 464 g/mol. The molecule has 184 valence electrons. The third-order valence-electron chi connectivity index (χ3n) is 6.11. The number of unbranched alkanes of at least 4 members (excludes halogenated alkanes) is 3. The van der Waals surface area contributed by atoms with Crippen LogP contribution < -0.4 is 10.1 Å². The highest BCUT2D eigenvalue weighted by molar-refractivity contribution is 5.95. The number of hydrogen-bond donors (Lipinski definition) is 1. The Labute approximate surface area is 197 Å². The first-order chi connectivity index (χ1) is 15.8. The molecule has 33 heavy (non-hydrogen) atoms. The van der Waals surface area contributed by atoms with Crippen LogP contribution in [0.5, 0.6) is 5.75 Å². The predicted molar refractivity (Wildman–Crippen MR) is 132 cm³/mol. The molecule has 1 aromatic rings. The molecule has 1 aromatic carbocycles. The fourth-order valence-electron chi connectivity index (χ4n) is 3.99. The summed E-state index contributed by atoms with van der Waals surface area (Å²) in [5, 5.41) is 3.48. The average molecular weight is 465 g/mol. The van der Waals surface area contributed by atoms with Crippen LogP contribution in [0.1, 0.15) is 83.8 Å². The molecule has 1 N–H and O–H groups in total. The summed E-state index contributed by atoms with van der Waals surface area (Å²) in [6.45, 7) is 9.25. The largest absolute Gasteiger partial charge is 0.489 e. The zero-order valence-electron chi connectivity index (χ0n) is 20.5. The van der Waals surface area contributed by atoms with Gasteiger partial charge in [-0.25, -0.2) is 0 Å². The minimum absolute atomic E-state index is 0.120. The number of aliphatic imine (C=N–C) groups is 1. The molecule has 2 rings (SSSR count). The third-order valence-corrected chi connectivity index (χ3v) is 6.11. The van der Waals surface area contributed by atoms with Crippen LogP contribution in [0.15, 0.2) is 41.4 Å². The maximum absolute atomic E-state index is 13.8. The number of halogens is 3. The molecule has 0 amide bonds. The van der Waals surface area contributed by atoms with Gasteiger partial charge in [0.15, 0.2) is 0 Å². The second kappa shape index (κ2) is 13.6. The average Bonchev–Trinajstić information content (AvgIpc) is 3.33. The molecule has 0 aliphatic carbocycles. The van der Waals surface area contributed by atoms with Gasteiger partial charge < -0.3 is 10.1 Å². The number of hydrogen-bond acceptors (Lipinski definition) is 3. The van der Waals surface area contributed by atoms with Gasteiger partial charge in [-0.2, -0.15) is 13.2 Å². The van der Waals surface area contributed by atoms with E-state index in [4.69, 9.17) is 9.73 Å². The van der Waals surface area contributed by atoms with Gasteiger partial charge in [0.25, 0.3) is 0 Å². The van der Waals surface area contributed by atoms with Crippen molar-refractivity contribution in [2.45, 2.75) is 84.9 Å². The summed E-state index contributed by atoms with van der Waals surface area (Å²) in [6.07, 6.45) is 8.34. The second-order valence-electron chi connectivity index (χ2n) is 8.66. The Hall–Kier alpha value is -2.08. The lowest BCUT2D eigenvalue weighted by Gasteiger charge is -2.21. The molecule has 1 heterocycles. The zero-order chi connectivity index (χ0) is 24.3. The molecule has 1 saturated heterocycles. The van der Waals surface area contributed by atoms with E-state index in [1.807, 2.05) is 13.0 Å². The minimum Gasteiger partial charge on any atom is -0.489 e. The van der Waals surface area contributed by atoms with Gasteiger partial charge in [-0.15, -0.1) is 0 Å². The molecule has 1 fully saturated rings. The van der Waals surface area contributed by atoms with Crippen molar-refractivity contribution in [1.29, 1.82) is 0 Å². The molecule has 0 saturated carbocycles. The van der Waals surface area contributed by atoms with Crippen molar-refractivity contribution >= 4 is 11.4 Å². The van der Waals surface area contributed by atoms with E-state index < -0.39 is 11.7 Å². The summed E-state index contributed by atoms with van der Waals surface area (Å²) in [6, 6.07) is 4.43. The van der Waals surface area contributed by atoms with Crippen LogP contribution >= 0.6 is 0 Å². The highest BCUT2D eigenvalue weighted by Gasteiger charge is 2.35. The highest BCUT2D eigenvalue weighted by atomic mass is 19.4. The van der Waals surface area contributed by atoms with E-state index in [9.17, 15) is 13.2 Å². The summed E-state index contributed by atoms with van der Waals surface area (Å²) in [4.78, 5) is 4.88. The number of benzene rings is 1. The Morgan fingerprint density at radius 1 is 1.24 bits per heavy atom. The van der Waals surface area contributed by atoms with Gasteiger partial charge in [0.1, 0.15) is 12.4 Å². The van der Waals surface area contributed by atoms with Gasteiger partial charge >= 0.3 is 6.18 Å². The normalized spacial score (nSPS) is 18.8. The third kappa shape index (κ3) is 8.33. The van der Waals surface area contributed by atoms with E-state index in [2.05, 4.69) is 26.1 Å².